The standard InChI is InChI=1S/C28H30N2O6/c1-32-23-15-19(9-10-20-16-24(33-2)28(36-5)25(17-20)34-3)14-22(27(23)35-4)30-26(31)12-11-18-7-6-8-21(29)13-18/h6-17H,29H2,1-5H3,(H,30,31)/b10-9?,12-11+. The van der Waals surface area contributed by atoms with E-state index in [1.54, 1.807) is 45.6 Å². The molecule has 188 valence electrons. The molecule has 0 aliphatic rings. The van der Waals surface area contributed by atoms with Crippen molar-refractivity contribution in [3.8, 4) is 28.7 Å². The van der Waals surface area contributed by atoms with E-state index < -0.39 is 0 Å². The number of benzene rings is 3. The number of nitrogen functional groups attached to an aromatic ring is 1. The first-order valence-electron chi connectivity index (χ1n) is 11.0. The largest absolute Gasteiger partial charge is 0.493 e. The highest BCUT2D eigenvalue weighted by atomic mass is 16.5. The van der Waals surface area contributed by atoms with Gasteiger partial charge in [-0.05, 0) is 59.2 Å². The Bertz CT molecular complexity index is 1260. The highest BCUT2D eigenvalue weighted by molar-refractivity contribution is 6.03. The van der Waals surface area contributed by atoms with Crippen LogP contribution in [-0.2, 0) is 4.79 Å². The Hall–Kier alpha value is -4.59. The maximum absolute atomic E-state index is 12.6. The Morgan fingerprint density at radius 3 is 1.78 bits per heavy atom. The van der Waals surface area contributed by atoms with Crippen LogP contribution in [0.2, 0.25) is 0 Å². The summed E-state index contributed by atoms with van der Waals surface area (Å²) in [4.78, 5) is 12.6. The van der Waals surface area contributed by atoms with E-state index in [4.69, 9.17) is 29.4 Å². The van der Waals surface area contributed by atoms with E-state index in [-0.39, 0.29) is 5.91 Å². The van der Waals surface area contributed by atoms with Gasteiger partial charge in [0.2, 0.25) is 11.7 Å². The second-order valence-electron chi connectivity index (χ2n) is 7.59. The van der Waals surface area contributed by atoms with Gasteiger partial charge in [0.1, 0.15) is 0 Å². The minimum atomic E-state index is -0.330. The molecule has 0 heterocycles. The van der Waals surface area contributed by atoms with Gasteiger partial charge in [-0.1, -0.05) is 24.3 Å². The van der Waals surface area contributed by atoms with Gasteiger partial charge in [0.05, 0.1) is 41.2 Å². The van der Waals surface area contributed by atoms with Crippen LogP contribution in [0, 0.1) is 0 Å². The Kier molecular flexibility index (Phi) is 8.83. The third-order valence-corrected chi connectivity index (χ3v) is 5.25. The number of anilines is 2. The van der Waals surface area contributed by atoms with E-state index >= 15 is 0 Å². The van der Waals surface area contributed by atoms with Gasteiger partial charge in [0, 0.05) is 11.8 Å². The van der Waals surface area contributed by atoms with Crippen LogP contribution in [0.15, 0.2) is 54.6 Å². The topological polar surface area (TPSA) is 101 Å². The zero-order valence-corrected chi connectivity index (χ0v) is 21.0. The molecular formula is C28H30N2O6. The predicted octanol–water partition coefficient (Wildman–Crippen LogP) is 5.13. The molecule has 0 unspecified atom stereocenters. The van der Waals surface area contributed by atoms with Crippen molar-refractivity contribution in [3.05, 3.63) is 71.3 Å². The number of hydrogen-bond acceptors (Lipinski definition) is 7. The zero-order chi connectivity index (χ0) is 26.1. The lowest BCUT2D eigenvalue weighted by Crippen LogP contribution is -2.09. The fourth-order valence-electron chi connectivity index (χ4n) is 3.57. The summed E-state index contributed by atoms with van der Waals surface area (Å²) in [5, 5.41) is 2.86. The van der Waals surface area contributed by atoms with Gasteiger partial charge in [0.15, 0.2) is 23.0 Å². The van der Waals surface area contributed by atoms with Gasteiger partial charge in [-0.25, -0.2) is 0 Å². The van der Waals surface area contributed by atoms with Crippen LogP contribution in [0.25, 0.3) is 18.2 Å². The van der Waals surface area contributed by atoms with Crippen LogP contribution in [0.4, 0.5) is 11.4 Å². The second-order valence-corrected chi connectivity index (χ2v) is 7.59. The Balaban J connectivity index is 1.91. The molecule has 0 atom stereocenters. The summed E-state index contributed by atoms with van der Waals surface area (Å²) in [6.45, 7) is 0. The smallest absolute Gasteiger partial charge is 0.248 e. The summed E-state index contributed by atoms with van der Waals surface area (Å²) in [5.41, 5.74) is 9.30. The Morgan fingerprint density at radius 2 is 1.25 bits per heavy atom. The number of methoxy groups -OCH3 is 5. The number of nitrogens with two attached hydrogens (primary N) is 1. The number of carbonyl (C=O) groups excluding carboxylic acids is 1. The lowest BCUT2D eigenvalue weighted by molar-refractivity contribution is -0.111. The molecule has 36 heavy (non-hydrogen) atoms. The predicted molar refractivity (Wildman–Crippen MR) is 143 cm³/mol. The summed E-state index contributed by atoms with van der Waals surface area (Å²) in [6, 6.07) is 14.5. The van der Waals surface area contributed by atoms with Crippen LogP contribution >= 0.6 is 0 Å². The van der Waals surface area contributed by atoms with Crippen LogP contribution < -0.4 is 34.7 Å². The SMILES string of the molecule is COc1cc(C=Cc2cc(OC)c(OC)c(OC)c2)cc(NC(=O)/C=C/c2cccc(N)c2)c1OC. The summed E-state index contributed by atoms with van der Waals surface area (Å²) in [5.74, 6) is 2.16. The van der Waals surface area contributed by atoms with Crippen molar-refractivity contribution in [1.29, 1.82) is 0 Å². The van der Waals surface area contributed by atoms with Gasteiger partial charge >= 0.3 is 0 Å². The summed E-state index contributed by atoms with van der Waals surface area (Å²) >= 11 is 0. The van der Waals surface area contributed by atoms with Crippen LogP contribution in [0.3, 0.4) is 0 Å². The number of ether oxygens (including phenoxy) is 5. The van der Waals surface area contributed by atoms with Crippen molar-refractivity contribution in [1.82, 2.24) is 0 Å². The quantitative estimate of drug-likeness (QED) is 0.231. The first-order valence-corrected chi connectivity index (χ1v) is 11.0. The molecular weight excluding hydrogens is 460 g/mol. The van der Waals surface area contributed by atoms with Gasteiger partial charge in [-0.3, -0.25) is 4.79 Å². The van der Waals surface area contributed by atoms with Gasteiger partial charge in [-0.2, -0.15) is 0 Å². The van der Waals surface area contributed by atoms with E-state index in [1.807, 2.05) is 42.5 Å². The average molecular weight is 491 g/mol. The van der Waals surface area contributed by atoms with E-state index in [0.29, 0.717) is 40.1 Å². The molecule has 0 aromatic heterocycles. The molecule has 8 heteroatoms. The second kappa shape index (κ2) is 12.2. The molecule has 8 nitrogen and oxygen atoms in total. The molecule has 0 aliphatic heterocycles. The highest BCUT2D eigenvalue weighted by Crippen LogP contribution is 2.40. The number of carbonyl (C=O) groups is 1. The zero-order valence-electron chi connectivity index (χ0n) is 21.0. The van der Waals surface area contributed by atoms with Crippen molar-refractivity contribution < 1.29 is 28.5 Å². The van der Waals surface area contributed by atoms with Gasteiger partial charge in [-0.15, -0.1) is 0 Å². The maximum atomic E-state index is 12.6. The van der Waals surface area contributed by atoms with Crippen LogP contribution in [0.1, 0.15) is 16.7 Å². The summed E-state index contributed by atoms with van der Waals surface area (Å²) in [6.07, 6.45) is 6.88. The average Bonchev–Trinajstić information content (AvgIpc) is 2.89. The molecule has 3 N–H and O–H groups in total. The Morgan fingerprint density at radius 1 is 0.694 bits per heavy atom. The first kappa shape index (κ1) is 26.0. The minimum absolute atomic E-state index is 0.330. The third-order valence-electron chi connectivity index (χ3n) is 5.25. The molecule has 3 aromatic rings. The van der Waals surface area contributed by atoms with E-state index in [0.717, 1.165) is 16.7 Å². The highest BCUT2D eigenvalue weighted by Gasteiger charge is 2.14. The Labute approximate surface area is 210 Å². The van der Waals surface area contributed by atoms with Crippen LogP contribution in [-0.4, -0.2) is 41.5 Å². The molecule has 0 spiro atoms. The number of hydrogen-bond donors (Lipinski definition) is 2. The molecule has 3 aromatic carbocycles. The van der Waals surface area contributed by atoms with Crippen LogP contribution in [0.5, 0.6) is 28.7 Å². The summed E-state index contributed by atoms with van der Waals surface area (Å²) < 4.78 is 27.2. The van der Waals surface area contributed by atoms with Gasteiger partial charge in [0.25, 0.3) is 0 Å². The van der Waals surface area contributed by atoms with Crippen molar-refractivity contribution in [3.63, 3.8) is 0 Å². The minimum Gasteiger partial charge on any atom is -0.493 e. The molecule has 0 fully saturated rings. The fraction of sp³-hybridized carbons (Fsp3) is 0.179. The number of amides is 1. The van der Waals surface area contributed by atoms with Crippen molar-refractivity contribution in [2.24, 2.45) is 0 Å². The van der Waals surface area contributed by atoms with Crippen molar-refractivity contribution >= 4 is 35.5 Å². The van der Waals surface area contributed by atoms with E-state index in [1.165, 1.54) is 20.3 Å². The number of nitrogens with one attached hydrogen (secondary N) is 1. The summed E-state index contributed by atoms with van der Waals surface area (Å²) in [7, 11) is 7.74. The molecule has 0 saturated heterocycles. The lowest BCUT2D eigenvalue weighted by Gasteiger charge is -2.14. The molecule has 3 rings (SSSR count). The first-order chi connectivity index (χ1) is 17.4. The molecule has 0 bridgehead atoms. The molecule has 0 saturated carbocycles. The van der Waals surface area contributed by atoms with Crippen molar-refractivity contribution in [2.45, 2.75) is 0 Å². The third kappa shape index (κ3) is 6.29. The lowest BCUT2D eigenvalue weighted by atomic mass is 10.1. The van der Waals surface area contributed by atoms with E-state index in [9.17, 15) is 4.79 Å². The normalized spacial score (nSPS) is 10.9. The molecule has 1 amide bonds. The monoisotopic (exact) mass is 490 g/mol. The van der Waals surface area contributed by atoms with Gasteiger partial charge < -0.3 is 34.7 Å². The van der Waals surface area contributed by atoms with Crippen molar-refractivity contribution in [2.75, 3.05) is 46.6 Å². The molecule has 0 aliphatic carbocycles. The maximum Gasteiger partial charge on any atom is 0.248 e. The van der Waals surface area contributed by atoms with E-state index in [2.05, 4.69) is 5.32 Å². The fourth-order valence-corrected chi connectivity index (χ4v) is 3.57. The molecule has 0 radical (unpaired) electrons. The number of rotatable bonds is 10.